The number of rotatable bonds is 4. The molecule has 0 radical (unpaired) electrons. The normalized spacial score (nSPS) is 20.0. The Hall–Kier alpha value is -1.22. The van der Waals surface area contributed by atoms with E-state index in [0.717, 1.165) is 24.0 Å². The van der Waals surface area contributed by atoms with Gasteiger partial charge in [-0.2, -0.15) is 4.31 Å². The lowest BCUT2D eigenvalue weighted by Gasteiger charge is -2.23. The molecule has 0 spiro atoms. The van der Waals surface area contributed by atoms with Crippen molar-refractivity contribution in [2.75, 3.05) is 12.8 Å². The molecule has 3 rings (SSSR count). The lowest BCUT2D eigenvalue weighted by molar-refractivity contribution is 0.401. The maximum atomic E-state index is 13.0. The number of nitrogens with zero attached hydrogens (tertiary/aromatic N) is 1. The van der Waals surface area contributed by atoms with Crippen LogP contribution < -0.4 is 0 Å². The second kappa shape index (κ2) is 6.01. The predicted molar refractivity (Wildman–Crippen MR) is 89.7 cm³/mol. The van der Waals surface area contributed by atoms with E-state index in [4.69, 9.17) is 0 Å². The second-order valence-electron chi connectivity index (χ2n) is 5.54. The molecule has 1 atom stereocenters. The Morgan fingerprint density at radius 2 is 1.83 bits per heavy atom. The quantitative estimate of drug-likeness (QED) is 0.828. The van der Waals surface area contributed by atoms with Crippen LogP contribution in [0, 0.1) is 0 Å². The first-order valence-corrected chi connectivity index (χ1v) is 11.4. The molecule has 1 aromatic carbocycles. The number of sulfonamides is 1. The van der Waals surface area contributed by atoms with Crippen LogP contribution in [0.3, 0.4) is 0 Å². The van der Waals surface area contributed by atoms with Crippen molar-refractivity contribution in [2.24, 2.45) is 0 Å². The number of benzene rings is 1. The Labute approximate surface area is 140 Å². The second-order valence-corrected chi connectivity index (χ2v) is 10.4. The Bertz CT molecular complexity index is 902. The Morgan fingerprint density at radius 1 is 1.09 bits per heavy atom. The topological polar surface area (TPSA) is 71.5 Å². The number of thiophene rings is 1. The molecular formula is C15H17NO4S3. The largest absolute Gasteiger partial charge is 0.243 e. The molecule has 5 nitrogen and oxygen atoms in total. The molecule has 1 unspecified atom stereocenters. The van der Waals surface area contributed by atoms with Gasteiger partial charge in [0.1, 0.15) is 0 Å². The molecule has 0 aliphatic carbocycles. The van der Waals surface area contributed by atoms with Crippen LogP contribution in [0.2, 0.25) is 0 Å². The standard InChI is InChI=1S/C15H17NO4S3/c1-22(17,18)12-5-2-6-13(11-12)23(19,20)16-9-3-7-14(16)15-8-4-10-21-15/h2,4-6,8,10-11,14H,3,7,9H2,1H3. The highest BCUT2D eigenvalue weighted by molar-refractivity contribution is 7.91. The van der Waals surface area contributed by atoms with Gasteiger partial charge in [-0.25, -0.2) is 16.8 Å². The Kier molecular flexibility index (Phi) is 4.35. The summed E-state index contributed by atoms with van der Waals surface area (Å²) in [5, 5.41) is 1.93. The zero-order valence-electron chi connectivity index (χ0n) is 12.5. The van der Waals surface area contributed by atoms with Gasteiger partial charge in [0.15, 0.2) is 9.84 Å². The minimum Gasteiger partial charge on any atom is -0.224 e. The molecule has 124 valence electrons. The van der Waals surface area contributed by atoms with Crippen LogP contribution in [0.15, 0.2) is 51.6 Å². The van der Waals surface area contributed by atoms with Crippen molar-refractivity contribution in [3.8, 4) is 0 Å². The van der Waals surface area contributed by atoms with Gasteiger partial charge < -0.3 is 0 Å². The molecular weight excluding hydrogens is 354 g/mol. The van der Waals surface area contributed by atoms with E-state index in [2.05, 4.69) is 0 Å². The van der Waals surface area contributed by atoms with E-state index in [1.807, 2.05) is 17.5 Å². The fourth-order valence-corrected chi connectivity index (χ4v) is 6.20. The van der Waals surface area contributed by atoms with Crippen molar-refractivity contribution in [3.63, 3.8) is 0 Å². The summed E-state index contributed by atoms with van der Waals surface area (Å²) in [4.78, 5) is 1.07. The van der Waals surface area contributed by atoms with E-state index in [-0.39, 0.29) is 15.8 Å². The van der Waals surface area contributed by atoms with Crippen molar-refractivity contribution in [1.82, 2.24) is 4.31 Å². The van der Waals surface area contributed by atoms with Gasteiger partial charge in [0.25, 0.3) is 0 Å². The summed E-state index contributed by atoms with van der Waals surface area (Å²) in [7, 11) is -7.17. The maximum absolute atomic E-state index is 13.0. The SMILES string of the molecule is CS(=O)(=O)c1cccc(S(=O)(=O)N2CCCC2c2cccs2)c1. The van der Waals surface area contributed by atoms with Crippen LogP contribution in [0.1, 0.15) is 23.8 Å². The first kappa shape index (κ1) is 16.6. The fraction of sp³-hybridized carbons (Fsp3) is 0.333. The third-order valence-corrected chi connectivity index (χ3v) is 7.90. The summed E-state index contributed by atoms with van der Waals surface area (Å²) < 4.78 is 50.8. The molecule has 1 saturated heterocycles. The Balaban J connectivity index is 2.02. The van der Waals surface area contributed by atoms with Gasteiger partial charge in [-0.15, -0.1) is 11.3 Å². The molecule has 0 amide bonds. The average molecular weight is 372 g/mol. The van der Waals surface area contributed by atoms with Gasteiger partial charge in [-0.3, -0.25) is 0 Å². The molecule has 1 aliphatic heterocycles. The number of hydrogen-bond donors (Lipinski definition) is 0. The third kappa shape index (κ3) is 3.21. The van der Waals surface area contributed by atoms with Gasteiger partial charge in [-0.1, -0.05) is 12.1 Å². The molecule has 2 aromatic rings. The van der Waals surface area contributed by atoms with E-state index in [9.17, 15) is 16.8 Å². The van der Waals surface area contributed by atoms with E-state index < -0.39 is 19.9 Å². The van der Waals surface area contributed by atoms with E-state index in [1.54, 1.807) is 11.3 Å². The Morgan fingerprint density at radius 3 is 2.48 bits per heavy atom. The minimum absolute atomic E-state index is 0.0189. The molecule has 0 N–H and O–H groups in total. The zero-order chi connectivity index (χ0) is 16.7. The number of sulfone groups is 1. The lowest BCUT2D eigenvalue weighted by Crippen LogP contribution is -2.30. The molecule has 1 fully saturated rings. The van der Waals surface area contributed by atoms with Crippen molar-refractivity contribution >= 4 is 31.2 Å². The van der Waals surface area contributed by atoms with Crippen molar-refractivity contribution in [3.05, 3.63) is 46.7 Å². The lowest BCUT2D eigenvalue weighted by atomic mass is 10.2. The average Bonchev–Trinajstić information content (AvgIpc) is 3.17. The van der Waals surface area contributed by atoms with E-state index in [1.165, 1.54) is 28.6 Å². The highest BCUT2D eigenvalue weighted by Crippen LogP contribution is 2.38. The monoisotopic (exact) mass is 371 g/mol. The van der Waals surface area contributed by atoms with Crippen LogP contribution in [0.4, 0.5) is 0 Å². The molecule has 1 aromatic heterocycles. The van der Waals surface area contributed by atoms with Gasteiger partial charge in [0.05, 0.1) is 15.8 Å². The maximum Gasteiger partial charge on any atom is 0.243 e. The molecule has 2 heterocycles. The van der Waals surface area contributed by atoms with E-state index in [0.29, 0.717) is 6.54 Å². The zero-order valence-corrected chi connectivity index (χ0v) is 15.0. The first-order valence-electron chi connectivity index (χ1n) is 7.15. The highest BCUT2D eigenvalue weighted by Gasteiger charge is 2.36. The van der Waals surface area contributed by atoms with Gasteiger partial charge in [0, 0.05) is 17.7 Å². The summed E-state index contributed by atoms with van der Waals surface area (Å²) in [6.45, 7) is 0.452. The molecule has 0 saturated carbocycles. The van der Waals surface area contributed by atoms with Crippen LogP contribution in [0.25, 0.3) is 0 Å². The van der Waals surface area contributed by atoms with Gasteiger partial charge in [0.2, 0.25) is 10.0 Å². The number of hydrogen-bond acceptors (Lipinski definition) is 5. The summed E-state index contributed by atoms with van der Waals surface area (Å²) in [6.07, 6.45) is 2.65. The van der Waals surface area contributed by atoms with Gasteiger partial charge >= 0.3 is 0 Å². The van der Waals surface area contributed by atoms with Crippen molar-refractivity contribution in [2.45, 2.75) is 28.7 Å². The first-order chi connectivity index (χ1) is 10.8. The molecule has 0 bridgehead atoms. The molecule has 8 heteroatoms. The minimum atomic E-state index is -3.72. The fourth-order valence-electron chi connectivity index (χ4n) is 2.79. The van der Waals surface area contributed by atoms with Gasteiger partial charge in [-0.05, 0) is 42.5 Å². The van der Waals surface area contributed by atoms with Crippen LogP contribution in [0.5, 0.6) is 0 Å². The van der Waals surface area contributed by atoms with Crippen molar-refractivity contribution in [1.29, 1.82) is 0 Å². The molecule has 1 aliphatic rings. The van der Waals surface area contributed by atoms with Crippen LogP contribution >= 0.6 is 11.3 Å². The van der Waals surface area contributed by atoms with Crippen molar-refractivity contribution < 1.29 is 16.8 Å². The highest BCUT2D eigenvalue weighted by atomic mass is 32.2. The smallest absolute Gasteiger partial charge is 0.224 e. The summed E-state index contributed by atoms with van der Waals surface area (Å²) in [6, 6.07) is 9.27. The summed E-state index contributed by atoms with van der Waals surface area (Å²) in [5.74, 6) is 0. The van der Waals surface area contributed by atoms with E-state index >= 15 is 0 Å². The summed E-state index contributed by atoms with van der Waals surface area (Å²) >= 11 is 1.54. The van der Waals surface area contributed by atoms with Crippen LogP contribution in [-0.4, -0.2) is 33.9 Å². The predicted octanol–water partition coefficient (Wildman–Crippen LogP) is 2.68. The van der Waals surface area contributed by atoms with Crippen LogP contribution in [-0.2, 0) is 19.9 Å². The molecule has 23 heavy (non-hydrogen) atoms. The third-order valence-electron chi connectivity index (χ3n) is 3.92. The summed E-state index contributed by atoms with van der Waals surface area (Å²) in [5.41, 5.74) is 0.